The van der Waals surface area contributed by atoms with Gasteiger partial charge in [0.15, 0.2) is 0 Å². The molecule has 0 bridgehead atoms. The molecular formula is C81H50Br3Cl6F6N11O4. The van der Waals surface area contributed by atoms with Gasteiger partial charge in [0.25, 0.3) is 23.6 Å². The van der Waals surface area contributed by atoms with Crippen LogP contribution >= 0.6 is 117 Å². The topological polar surface area (TPSA) is 239 Å². The second kappa shape index (κ2) is 39.4. The van der Waals surface area contributed by atoms with Crippen molar-refractivity contribution in [1.29, 1.82) is 15.8 Å². The summed E-state index contributed by atoms with van der Waals surface area (Å²) in [5, 5.41) is 38.9. The molecule has 0 radical (unpaired) electrons. The highest BCUT2D eigenvalue weighted by atomic mass is 79.9. The summed E-state index contributed by atoms with van der Waals surface area (Å²) >= 11 is 45.1. The number of pyridine rings is 4. The number of benzene rings is 8. The molecule has 8 aromatic carbocycles. The molecule has 15 nitrogen and oxygen atoms in total. The number of amides is 4. The van der Waals surface area contributed by atoms with Crippen LogP contribution in [0.2, 0.25) is 30.1 Å². The number of aryl methyl sites for hydroxylation is 2. The van der Waals surface area contributed by atoms with Gasteiger partial charge in [0, 0.05) is 70.5 Å². The quantitative estimate of drug-likeness (QED) is 0.0663. The average Bonchev–Trinajstić information content (AvgIpc) is 0.823. The molecule has 12 aromatic rings. The highest BCUT2D eigenvalue weighted by Crippen LogP contribution is 2.33. The lowest BCUT2D eigenvalue weighted by atomic mass is 10.0. The van der Waals surface area contributed by atoms with Gasteiger partial charge in [-0.2, -0.15) is 15.8 Å². The van der Waals surface area contributed by atoms with Gasteiger partial charge in [-0.3, -0.25) is 39.1 Å². The summed E-state index contributed by atoms with van der Waals surface area (Å²) in [5.74, 6) is -6.08. The van der Waals surface area contributed by atoms with E-state index in [-0.39, 0.29) is 59.9 Å². The number of nitriles is 3. The molecule has 4 atom stereocenters. The molecule has 12 rings (SSSR count). The average molecular weight is 1810 g/mol. The number of halogens is 15. The predicted molar refractivity (Wildman–Crippen MR) is 422 cm³/mol. The number of rotatable bonds is 16. The third-order valence-corrected chi connectivity index (χ3v) is 19.4. The van der Waals surface area contributed by atoms with E-state index in [1.165, 1.54) is 73.1 Å². The van der Waals surface area contributed by atoms with Crippen molar-refractivity contribution in [3.63, 3.8) is 0 Å². The van der Waals surface area contributed by atoms with Crippen LogP contribution in [0.25, 0.3) is 0 Å². The zero-order chi connectivity index (χ0) is 80.3. The Morgan fingerprint density at radius 3 is 1.01 bits per heavy atom. The van der Waals surface area contributed by atoms with Crippen LogP contribution in [0.5, 0.6) is 0 Å². The van der Waals surface area contributed by atoms with Crippen molar-refractivity contribution in [2.24, 2.45) is 0 Å². The van der Waals surface area contributed by atoms with Gasteiger partial charge in [-0.15, -0.1) is 0 Å². The highest BCUT2D eigenvalue weighted by molar-refractivity contribution is 9.11. The molecule has 0 aliphatic rings. The molecular weight excluding hydrogens is 1760 g/mol. The fraction of sp³-hybridized carbons (Fsp3) is 0.0741. The van der Waals surface area contributed by atoms with Crippen LogP contribution in [-0.2, 0) is 0 Å². The first-order valence-corrected chi connectivity index (χ1v) is 36.8. The molecule has 0 fully saturated rings. The van der Waals surface area contributed by atoms with Crippen LogP contribution in [0.3, 0.4) is 0 Å². The zero-order valence-corrected chi connectivity index (χ0v) is 66.3. The Morgan fingerprint density at radius 1 is 0.342 bits per heavy atom. The Balaban J connectivity index is 0.000000170. The van der Waals surface area contributed by atoms with Crippen LogP contribution in [-0.4, -0.2) is 43.6 Å². The molecule has 4 amide bonds. The molecule has 4 heterocycles. The SMILES string of the molecule is Cc1cc(C(=O)N[C@@H](c2ccc(Cl)c(F)c2)c2cc(Br)ccn2)ccc1C#N.Cc1cc(C(=O)N[C@@H](c2ccc(Cl)c(F)c2)c2cc(Br)ccn2)ccc1Cl.N#Cc1ccc(C(=O)N[C@@H](c2ccc(Cl)c(F)c2)c2cc(Br)ccn2)cc1F.N#Cc1ccc(C(=O)N[C@@H](c2ccc(Cl)cc2)c2ncc(Cl)cc2F)cc1F. The Morgan fingerprint density at radius 2 is 0.676 bits per heavy atom. The molecule has 111 heavy (non-hydrogen) atoms. The molecule has 4 aromatic heterocycles. The highest BCUT2D eigenvalue weighted by Gasteiger charge is 2.27. The monoisotopic (exact) mass is 1800 g/mol. The molecule has 0 aliphatic carbocycles. The summed E-state index contributed by atoms with van der Waals surface area (Å²) in [5.41, 5.74) is 5.92. The van der Waals surface area contributed by atoms with E-state index in [0.29, 0.717) is 71.6 Å². The first-order chi connectivity index (χ1) is 53.0. The predicted octanol–water partition coefficient (Wildman–Crippen LogP) is 21.7. The first-order valence-electron chi connectivity index (χ1n) is 32.2. The van der Waals surface area contributed by atoms with Gasteiger partial charge < -0.3 is 21.3 Å². The lowest BCUT2D eigenvalue weighted by Crippen LogP contribution is -2.30. The molecule has 0 saturated heterocycles. The van der Waals surface area contributed by atoms with Crippen LogP contribution < -0.4 is 21.3 Å². The molecule has 30 heteroatoms. The maximum Gasteiger partial charge on any atom is 0.252 e. The third-order valence-electron chi connectivity index (χ3n) is 16.1. The van der Waals surface area contributed by atoms with Gasteiger partial charge in [-0.05, 0) is 211 Å². The summed E-state index contributed by atoms with van der Waals surface area (Å²) in [6.07, 6.45) is 6.00. The minimum atomic E-state index is -0.972. The number of hydrogen-bond acceptors (Lipinski definition) is 11. The van der Waals surface area contributed by atoms with Crippen molar-refractivity contribution in [3.8, 4) is 18.2 Å². The lowest BCUT2D eigenvalue weighted by molar-refractivity contribution is 0.0933. The largest absolute Gasteiger partial charge is 0.340 e. The van der Waals surface area contributed by atoms with Crippen molar-refractivity contribution >= 4 is 141 Å². The number of carbonyl (C=O) groups excluding carboxylic acids is 4. The minimum Gasteiger partial charge on any atom is -0.340 e. The van der Waals surface area contributed by atoms with E-state index in [4.69, 9.17) is 85.4 Å². The van der Waals surface area contributed by atoms with E-state index in [1.807, 2.05) is 6.92 Å². The Bertz CT molecular complexity index is 5490. The van der Waals surface area contributed by atoms with Crippen molar-refractivity contribution in [3.05, 3.63) is 392 Å². The van der Waals surface area contributed by atoms with Crippen LogP contribution in [0.1, 0.15) is 138 Å². The summed E-state index contributed by atoms with van der Waals surface area (Å²) in [6.45, 7) is 3.58. The standard InChI is InChI=1S/C21H14BrClFN3O.C20H14BrCl2FN2O.C20H11BrClF2N3O.C20H11Cl2F2N3O/c1-12-8-14(2-3-15(12)11-25)21(28)27-20(19-10-16(22)6-7-26-19)13-4-5-17(23)18(24)9-13;1-11-8-13(3-4-15(11)22)20(27)26-19(18-10-14(21)6-7-25-18)12-2-5-16(23)17(24)9-12;21-14-5-6-26-18(9-14)19(11-3-4-15(22)17(24)7-11)27-20(28)12-1-2-13(10-25)16(23)8-12;21-14-5-3-11(4-6-14)18(19-17(24)8-15(22)10-26-19)27-20(28)12-1-2-13(9-25)16(23)7-12/h2-10,20H,1H3,(H,27,28);2-10,19H,1H3,(H,26,27);1-9,19H,(H,27,28);1-8,10,18H,(H,27,28)/t20-;2*19-;18-/m0000/s1. The number of aromatic nitrogens is 4. The third kappa shape index (κ3) is 22.8. The molecule has 0 aliphatic heterocycles. The Hall–Kier alpha value is -10.5. The zero-order valence-electron chi connectivity index (χ0n) is 57.0. The van der Waals surface area contributed by atoms with Gasteiger partial charge in [0.1, 0.15) is 52.7 Å². The molecule has 558 valence electrons. The van der Waals surface area contributed by atoms with Gasteiger partial charge in [-0.25, -0.2) is 26.3 Å². The molecule has 0 unspecified atom stereocenters. The van der Waals surface area contributed by atoms with Gasteiger partial charge >= 0.3 is 0 Å². The fourth-order valence-electron chi connectivity index (χ4n) is 10.5. The van der Waals surface area contributed by atoms with Crippen LogP contribution in [0, 0.1) is 82.7 Å². The van der Waals surface area contributed by atoms with E-state index in [9.17, 15) is 45.5 Å². The minimum absolute atomic E-state index is 0.00116. The van der Waals surface area contributed by atoms with E-state index in [1.54, 1.807) is 147 Å². The number of nitrogens with one attached hydrogen (secondary N) is 4. The van der Waals surface area contributed by atoms with Crippen LogP contribution in [0.15, 0.2) is 232 Å². The van der Waals surface area contributed by atoms with Gasteiger partial charge in [-0.1, -0.05) is 148 Å². The summed E-state index contributed by atoms with van der Waals surface area (Å²) in [7, 11) is 0. The number of hydrogen-bond donors (Lipinski definition) is 4. The first kappa shape index (κ1) is 84.5. The molecule has 4 N–H and O–H groups in total. The van der Waals surface area contributed by atoms with E-state index < -0.39 is 70.9 Å². The maximum absolute atomic E-state index is 14.5. The Labute approximate surface area is 686 Å². The molecule has 0 spiro atoms. The lowest BCUT2D eigenvalue weighted by Gasteiger charge is -2.20. The van der Waals surface area contributed by atoms with Crippen molar-refractivity contribution < 1.29 is 45.5 Å². The summed E-state index contributed by atoms with van der Waals surface area (Å²) in [4.78, 5) is 67.8. The van der Waals surface area contributed by atoms with E-state index in [0.717, 1.165) is 37.2 Å². The van der Waals surface area contributed by atoms with Gasteiger partial charge in [0.05, 0.1) is 84.1 Å². The number of carbonyl (C=O) groups is 4. The van der Waals surface area contributed by atoms with E-state index >= 15 is 0 Å². The second-order valence-corrected chi connectivity index (χ2v) is 28.9. The smallest absolute Gasteiger partial charge is 0.252 e. The van der Waals surface area contributed by atoms with Crippen molar-refractivity contribution in [2.45, 2.75) is 38.0 Å². The fourth-order valence-corrected chi connectivity index (χ4v) is 12.3. The number of nitrogens with zero attached hydrogens (tertiary/aromatic N) is 7. The Kier molecular flexibility index (Phi) is 30.0. The maximum atomic E-state index is 14.5. The van der Waals surface area contributed by atoms with Gasteiger partial charge in [0.2, 0.25) is 0 Å². The normalized spacial score (nSPS) is 11.6. The van der Waals surface area contributed by atoms with E-state index in [2.05, 4.69) is 95.1 Å². The van der Waals surface area contributed by atoms with Crippen LogP contribution in [0.4, 0.5) is 26.3 Å². The summed E-state index contributed by atoms with van der Waals surface area (Å²) < 4.78 is 86.5. The molecule has 0 saturated carbocycles. The summed E-state index contributed by atoms with van der Waals surface area (Å²) in [6, 6.07) is 50.0. The van der Waals surface area contributed by atoms with Crippen molar-refractivity contribution in [1.82, 2.24) is 41.2 Å². The van der Waals surface area contributed by atoms with Crippen molar-refractivity contribution in [2.75, 3.05) is 0 Å². The second-order valence-electron chi connectivity index (χ2n) is 23.6.